The van der Waals surface area contributed by atoms with E-state index in [2.05, 4.69) is 5.32 Å². The standard InChI is InChI=1S/C19H18Cl2N2O3S/c1-11(15-7-6-14(10-16(15)21)27(3,25)26)22-19(24)18-8-12-4-5-13(20)9-17(12)23(18)2/h4-11H,1-3H3,(H,22,24). The smallest absolute Gasteiger partial charge is 0.268 e. The Balaban J connectivity index is 1.87. The number of hydrogen-bond acceptors (Lipinski definition) is 3. The Morgan fingerprint density at radius 2 is 1.81 bits per heavy atom. The topological polar surface area (TPSA) is 68.2 Å². The highest BCUT2D eigenvalue weighted by Gasteiger charge is 2.19. The maximum Gasteiger partial charge on any atom is 0.268 e. The molecule has 0 bridgehead atoms. The number of halogens is 2. The summed E-state index contributed by atoms with van der Waals surface area (Å²) in [6.45, 7) is 1.79. The lowest BCUT2D eigenvalue weighted by atomic mass is 10.1. The zero-order valence-corrected chi connectivity index (χ0v) is 17.3. The molecule has 3 aromatic rings. The van der Waals surface area contributed by atoms with E-state index in [0.29, 0.717) is 16.3 Å². The number of nitrogens with one attached hydrogen (secondary N) is 1. The molecule has 1 heterocycles. The number of sulfone groups is 1. The van der Waals surface area contributed by atoms with Crippen molar-refractivity contribution in [3.8, 4) is 0 Å². The predicted octanol–water partition coefficient (Wildman–Crippen LogP) is 4.38. The van der Waals surface area contributed by atoms with Gasteiger partial charge in [0.25, 0.3) is 5.91 Å². The molecule has 3 rings (SSSR count). The summed E-state index contributed by atoms with van der Waals surface area (Å²) in [6, 6.07) is 11.3. The second-order valence-electron chi connectivity index (χ2n) is 6.44. The van der Waals surface area contributed by atoms with Gasteiger partial charge in [-0.3, -0.25) is 4.79 Å². The molecule has 142 valence electrons. The summed E-state index contributed by atoms with van der Waals surface area (Å²) in [7, 11) is -1.55. The molecule has 0 radical (unpaired) electrons. The molecule has 2 aromatic carbocycles. The third-order valence-corrected chi connectivity index (χ3v) is 6.13. The molecule has 0 fully saturated rings. The summed E-state index contributed by atoms with van der Waals surface area (Å²) in [4.78, 5) is 12.9. The number of rotatable bonds is 4. The fourth-order valence-corrected chi connectivity index (χ4v) is 4.18. The molecular weight excluding hydrogens is 407 g/mol. The minimum Gasteiger partial charge on any atom is -0.344 e. The van der Waals surface area contributed by atoms with Gasteiger partial charge in [-0.1, -0.05) is 35.3 Å². The van der Waals surface area contributed by atoms with Gasteiger partial charge in [-0.25, -0.2) is 8.42 Å². The van der Waals surface area contributed by atoms with Crippen molar-refractivity contribution >= 4 is 49.8 Å². The normalized spacial score (nSPS) is 12.9. The summed E-state index contributed by atoms with van der Waals surface area (Å²) >= 11 is 12.3. The molecule has 1 aromatic heterocycles. The van der Waals surface area contributed by atoms with Gasteiger partial charge in [-0.05, 0) is 42.8 Å². The first kappa shape index (κ1) is 19.7. The van der Waals surface area contributed by atoms with Crippen LogP contribution < -0.4 is 5.32 Å². The van der Waals surface area contributed by atoms with Crippen LogP contribution in [0.1, 0.15) is 29.0 Å². The molecule has 1 N–H and O–H groups in total. The third-order valence-electron chi connectivity index (χ3n) is 4.45. The number of fused-ring (bicyclic) bond motifs is 1. The zero-order valence-electron chi connectivity index (χ0n) is 15.0. The first-order valence-corrected chi connectivity index (χ1v) is 10.8. The average molecular weight is 425 g/mol. The zero-order chi connectivity index (χ0) is 19.9. The number of carbonyl (C=O) groups is 1. The molecule has 1 atom stereocenters. The van der Waals surface area contributed by atoms with Crippen LogP contribution in [0.5, 0.6) is 0 Å². The van der Waals surface area contributed by atoms with Crippen molar-refractivity contribution in [3.63, 3.8) is 0 Å². The van der Waals surface area contributed by atoms with E-state index in [4.69, 9.17) is 23.2 Å². The molecular formula is C19H18Cl2N2O3S. The van der Waals surface area contributed by atoms with Crippen LogP contribution in [0.15, 0.2) is 47.4 Å². The number of aromatic nitrogens is 1. The van der Waals surface area contributed by atoms with Gasteiger partial charge in [0.1, 0.15) is 5.69 Å². The predicted molar refractivity (Wildman–Crippen MR) is 108 cm³/mol. The molecule has 8 heteroatoms. The van der Waals surface area contributed by atoms with Crippen LogP contribution in [-0.4, -0.2) is 25.1 Å². The van der Waals surface area contributed by atoms with E-state index in [1.54, 1.807) is 42.8 Å². The Labute approximate surface area is 167 Å². The fraction of sp³-hybridized carbons (Fsp3) is 0.211. The summed E-state index contributed by atoms with van der Waals surface area (Å²) < 4.78 is 25.0. The second-order valence-corrected chi connectivity index (χ2v) is 9.30. The van der Waals surface area contributed by atoms with Crippen LogP contribution in [0, 0.1) is 0 Å². The van der Waals surface area contributed by atoms with Crippen molar-refractivity contribution in [2.24, 2.45) is 7.05 Å². The van der Waals surface area contributed by atoms with E-state index >= 15 is 0 Å². The van der Waals surface area contributed by atoms with Crippen LogP contribution in [0.4, 0.5) is 0 Å². The van der Waals surface area contributed by atoms with Crippen molar-refractivity contribution < 1.29 is 13.2 Å². The number of nitrogens with zero attached hydrogens (tertiary/aromatic N) is 1. The van der Waals surface area contributed by atoms with Crippen molar-refractivity contribution in [1.29, 1.82) is 0 Å². The fourth-order valence-electron chi connectivity index (χ4n) is 2.96. The van der Waals surface area contributed by atoms with Crippen LogP contribution >= 0.6 is 23.2 Å². The average Bonchev–Trinajstić information content (AvgIpc) is 2.90. The summed E-state index contributed by atoms with van der Waals surface area (Å²) in [6.07, 6.45) is 1.12. The van der Waals surface area contributed by atoms with Gasteiger partial charge in [0.05, 0.1) is 10.9 Å². The van der Waals surface area contributed by atoms with Gasteiger partial charge in [0, 0.05) is 34.3 Å². The SMILES string of the molecule is CC(NC(=O)c1cc2ccc(Cl)cc2n1C)c1ccc(S(C)(=O)=O)cc1Cl. The van der Waals surface area contributed by atoms with E-state index in [1.807, 2.05) is 6.07 Å². The molecule has 0 spiro atoms. The minimum atomic E-state index is -3.34. The quantitative estimate of drug-likeness (QED) is 0.675. The first-order chi connectivity index (χ1) is 12.6. The lowest BCUT2D eigenvalue weighted by molar-refractivity contribution is 0.0932. The number of hydrogen-bond donors (Lipinski definition) is 1. The van der Waals surface area contributed by atoms with Crippen molar-refractivity contribution in [2.45, 2.75) is 17.9 Å². The first-order valence-electron chi connectivity index (χ1n) is 8.13. The molecule has 0 aliphatic rings. The Morgan fingerprint density at radius 3 is 2.44 bits per heavy atom. The Kier molecular flexibility index (Phi) is 5.25. The van der Waals surface area contributed by atoms with Crippen molar-refractivity contribution in [1.82, 2.24) is 9.88 Å². The second kappa shape index (κ2) is 7.19. The maximum atomic E-state index is 12.7. The summed E-state index contributed by atoms with van der Waals surface area (Å²) in [5.41, 5.74) is 1.98. The van der Waals surface area contributed by atoms with Crippen molar-refractivity contribution in [3.05, 3.63) is 63.8 Å². The minimum absolute atomic E-state index is 0.139. The molecule has 1 unspecified atom stereocenters. The lowest BCUT2D eigenvalue weighted by Crippen LogP contribution is -2.28. The van der Waals surface area contributed by atoms with Gasteiger partial charge in [0.15, 0.2) is 9.84 Å². The number of benzene rings is 2. The van der Waals surface area contributed by atoms with Crippen LogP contribution in [0.3, 0.4) is 0 Å². The Hall–Kier alpha value is -2.02. The Bertz CT molecular complexity index is 1150. The molecule has 0 saturated carbocycles. The van der Waals surface area contributed by atoms with E-state index in [9.17, 15) is 13.2 Å². The van der Waals surface area contributed by atoms with E-state index in [-0.39, 0.29) is 15.8 Å². The monoisotopic (exact) mass is 424 g/mol. The maximum absolute atomic E-state index is 12.7. The van der Waals surface area contributed by atoms with E-state index in [1.165, 1.54) is 12.1 Å². The van der Waals surface area contributed by atoms with Gasteiger partial charge in [-0.2, -0.15) is 0 Å². The van der Waals surface area contributed by atoms with Crippen LogP contribution in [0.25, 0.3) is 10.9 Å². The molecule has 27 heavy (non-hydrogen) atoms. The molecule has 0 aliphatic heterocycles. The van der Waals surface area contributed by atoms with E-state index < -0.39 is 15.9 Å². The third kappa shape index (κ3) is 3.98. The van der Waals surface area contributed by atoms with Gasteiger partial charge >= 0.3 is 0 Å². The highest BCUT2D eigenvalue weighted by atomic mass is 35.5. The number of carbonyl (C=O) groups excluding carboxylic acids is 1. The van der Waals surface area contributed by atoms with Gasteiger partial charge < -0.3 is 9.88 Å². The molecule has 0 saturated heterocycles. The van der Waals surface area contributed by atoms with E-state index in [0.717, 1.165) is 17.2 Å². The highest BCUT2D eigenvalue weighted by molar-refractivity contribution is 7.90. The molecule has 1 amide bonds. The van der Waals surface area contributed by atoms with Crippen LogP contribution in [0.2, 0.25) is 10.0 Å². The van der Waals surface area contributed by atoms with Gasteiger partial charge in [0.2, 0.25) is 0 Å². The Morgan fingerprint density at radius 1 is 1.11 bits per heavy atom. The van der Waals surface area contributed by atoms with Crippen molar-refractivity contribution in [2.75, 3.05) is 6.26 Å². The number of amides is 1. The van der Waals surface area contributed by atoms with Gasteiger partial charge in [-0.15, -0.1) is 0 Å². The molecule has 0 aliphatic carbocycles. The lowest BCUT2D eigenvalue weighted by Gasteiger charge is -2.16. The number of aryl methyl sites for hydroxylation is 1. The highest BCUT2D eigenvalue weighted by Crippen LogP contribution is 2.27. The summed E-state index contributed by atoms with van der Waals surface area (Å²) in [5.74, 6) is -0.263. The molecule has 5 nitrogen and oxygen atoms in total. The largest absolute Gasteiger partial charge is 0.344 e. The summed E-state index contributed by atoms with van der Waals surface area (Å²) in [5, 5.41) is 4.70. The van der Waals surface area contributed by atoms with Crippen LogP contribution in [-0.2, 0) is 16.9 Å².